The van der Waals surface area contributed by atoms with E-state index in [1.165, 1.54) is 11.0 Å². The first-order valence-corrected chi connectivity index (χ1v) is 11.0. The van der Waals surface area contributed by atoms with Crippen molar-refractivity contribution in [2.45, 2.75) is 57.3 Å². The zero-order chi connectivity index (χ0) is 22.2. The number of tetrazole rings is 1. The normalized spacial score (nSPS) is 22.0. The lowest BCUT2D eigenvalue weighted by molar-refractivity contribution is 0.275. The van der Waals surface area contributed by atoms with E-state index in [0.29, 0.717) is 30.3 Å². The van der Waals surface area contributed by atoms with Crippen molar-refractivity contribution in [3.8, 4) is 11.6 Å². The number of hydrogen-bond acceptors (Lipinski definition) is 10. The van der Waals surface area contributed by atoms with E-state index in [1.807, 2.05) is 30.2 Å². The largest absolute Gasteiger partial charge is 0.486 e. The number of pyridine rings is 1. The van der Waals surface area contributed by atoms with Crippen LogP contribution in [0.4, 0.5) is 5.95 Å². The number of anilines is 1. The molecule has 2 aliphatic rings. The van der Waals surface area contributed by atoms with Gasteiger partial charge in [0.1, 0.15) is 24.4 Å². The molecule has 12 heteroatoms. The van der Waals surface area contributed by atoms with Gasteiger partial charge in [-0.25, -0.2) is 15.0 Å². The summed E-state index contributed by atoms with van der Waals surface area (Å²) >= 11 is 0. The summed E-state index contributed by atoms with van der Waals surface area (Å²) in [6, 6.07) is 4.74. The molecule has 33 heavy (non-hydrogen) atoms. The predicted molar refractivity (Wildman–Crippen MR) is 116 cm³/mol. The van der Waals surface area contributed by atoms with E-state index in [0.717, 1.165) is 42.9 Å². The first-order valence-electron chi connectivity index (χ1n) is 11.0. The monoisotopic (exact) mass is 445 g/mol. The average Bonchev–Trinajstić information content (AvgIpc) is 3.59. The molecular formula is C21H23N11O. The molecule has 2 saturated heterocycles. The summed E-state index contributed by atoms with van der Waals surface area (Å²) in [5.41, 5.74) is 1.87. The van der Waals surface area contributed by atoms with Crippen LogP contribution < -0.4 is 9.64 Å². The fraction of sp³-hybridized carbons (Fsp3) is 0.429. The van der Waals surface area contributed by atoms with Gasteiger partial charge in [-0.3, -0.25) is 0 Å². The molecule has 0 aromatic carbocycles. The lowest BCUT2D eigenvalue weighted by Crippen LogP contribution is -2.44. The van der Waals surface area contributed by atoms with Crippen LogP contribution in [-0.4, -0.2) is 62.2 Å². The minimum Gasteiger partial charge on any atom is -0.486 e. The first kappa shape index (κ1) is 19.7. The minimum absolute atomic E-state index is 0.273. The number of rotatable bonds is 6. The highest BCUT2D eigenvalue weighted by atomic mass is 16.5. The van der Waals surface area contributed by atoms with Crippen LogP contribution in [-0.2, 0) is 6.61 Å². The Balaban J connectivity index is 1.08. The number of aromatic nitrogens is 10. The summed E-state index contributed by atoms with van der Waals surface area (Å²) in [4.78, 5) is 17.7. The molecule has 0 spiro atoms. The Morgan fingerprint density at radius 1 is 0.970 bits per heavy atom. The topological polar surface area (TPSA) is 125 Å². The van der Waals surface area contributed by atoms with Crippen molar-refractivity contribution in [1.29, 1.82) is 0 Å². The molecule has 168 valence electrons. The van der Waals surface area contributed by atoms with Gasteiger partial charge in [-0.1, -0.05) is 0 Å². The molecule has 2 fully saturated rings. The van der Waals surface area contributed by atoms with Crippen LogP contribution in [0.15, 0.2) is 43.2 Å². The Labute approximate surface area is 189 Å². The number of hydrogen-bond donors (Lipinski definition) is 0. The van der Waals surface area contributed by atoms with Crippen LogP contribution >= 0.6 is 0 Å². The quantitative estimate of drug-likeness (QED) is 0.433. The van der Waals surface area contributed by atoms with Gasteiger partial charge in [-0.05, 0) is 60.7 Å². The molecular weight excluding hydrogens is 422 g/mol. The zero-order valence-electron chi connectivity index (χ0n) is 18.1. The van der Waals surface area contributed by atoms with E-state index in [9.17, 15) is 0 Å². The third-order valence-electron chi connectivity index (χ3n) is 6.28. The van der Waals surface area contributed by atoms with E-state index in [-0.39, 0.29) is 6.04 Å². The fourth-order valence-electron chi connectivity index (χ4n) is 4.75. The second-order valence-electron chi connectivity index (χ2n) is 8.53. The van der Waals surface area contributed by atoms with Gasteiger partial charge in [0, 0.05) is 24.5 Å². The number of fused-ring (bicyclic) bond motifs is 2. The molecule has 6 heterocycles. The SMILES string of the molecule is Cc1cnc(N2C3CCC2CC(n2ncc(COc4ccc(-n5cnnn5)nc4)n2)C3)nc1. The molecule has 0 amide bonds. The number of piperidine rings is 1. The van der Waals surface area contributed by atoms with E-state index >= 15 is 0 Å². The second-order valence-corrected chi connectivity index (χ2v) is 8.53. The van der Waals surface area contributed by atoms with Crippen molar-refractivity contribution in [1.82, 2.24) is 50.2 Å². The van der Waals surface area contributed by atoms with Crippen LogP contribution in [0, 0.1) is 6.92 Å². The van der Waals surface area contributed by atoms with Crippen molar-refractivity contribution < 1.29 is 4.74 Å². The predicted octanol–water partition coefficient (Wildman–Crippen LogP) is 1.70. The maximum absolute atomic E-state index is 5.84. The van der Waals surface area contributed by atoms with E-state index in [4.69, 9.17) is 9.84 Å². The molecule has 2 aliphatic heterocycles. The Kier molecular flexibility index (Phi) is 4.89. The zero-order valence-corrected chi connectivity index (χ0v) is 18.1. The molecule has 2 unspecified atom stereocenters. The first-order chi connectivity index (χ1) is 16.2. The van der Waals surface area contributed by atoms with Crippen molar-refractivity contribution >= 4 is 5.95 Å². The van der Waals surface area contributed by atoms with E-state index in [1.54, 1.807) is 18.5 Å². The van der Waals surface area contributed by atoms with Crippen LogP contribution in [0.3, 0.4) is 0 Å². The summed E-state index contributed by atoms with van der Waals surface area (Å²) in [5.74, 6) is 2.11. The Bertz CT molecular complexity index is 1190. The third-order valence-corrected chi connectivity index (χ3v) is 6.28. The molecule has 0 aliphatic carbocycles. The molecule has 6 rings (SSSR count). The van der Waals surface area contributed by atoms with E-state index < -0.39 is 0 Å². The molecule has 2 bridgehead atoms. The molecule has 0 radical (unpaired) electrons. The summed E-state index contributed by atoms with van der Waals surface area (Å²) in [7, 11) is 0. The molecule has 4 aromatic rings. The van der Waals surface area contributed by atoms with Gasteiger partial charge in [0.25, 0.3) is 0 Å². The third kappa shape index (κ3) is 3.88. The highest BCUT2D eigenvalue weighted by molar-refractivity contribution is 5.37. The molecule has 2 atom stereocenters. The Morgan fingerprint density at radius 3 is 2.48 bits per heavy atom. The number of nitrogens with zero attached hydrogens (tertiary/aromatic N) is 11. The highest BCUT2D eigenvalue weighted by Crippen LogP contribution is 2.41. The van der Waals surface area contributed by atoms with Crippen LogP contribution in [0.25, 0.3) is 5.82 Å². The van der Waals surface area contributed by atoms with Crippen LogP contribution in [0.2, 0.25) is 0 Å². The molecule has 0 N–H and O–H groups in total. The van der Waals surface area contributed by atoms with Gasteiger partial charge >= 0.3 is 0 Å². The van der Waals surface area contributed by atoms with Crippen LogP contribution in [0.1, 0.15) is 43.0 Å². The molecule has 4 aromatic heterocycles. The second kappa shape index (κ2) is 8.19. The Hall–Kier alpha value is -3.96. The summed E-state index contributed by atoms with van der Waals surface area (Å²) < 4.78 is 7.33. The minimum atomic E-state index is 0.273. The highest BCUT2D eigenvalue weighted by Gasteiger charge is 2.43. The van der Waals surface area contributed by atoms with Crippen molar-refractivity contribution in [3.63, 3.8) is 0 Å². The van der Waals surface area contributed by atoms with Crippen LogP contribution in [0.5, 0.6) is 5.75 Å². The van der Waals surface area contributed by atoms with E-state index in [2.05, 4.69) is 40.5 Å². The van der Waals surface area contributed by atoms with Gasteiger partial charge in [0.2, 0.25) is 5.95 Å². The smallest absolute Gasteiger partial charge is 0.225 e. The van der Waals surface area contributed by atoms with Gasteiger partial charge in [-0.2, -0.15) is 19.7 Å². The summed E-state index contributed by atoms with van der Waals surface area (Å²) in [5, 5.41) is 20.3. The lowest BCUT2D eigenvalue weighted by atomic mass is 9.98. The standard InChI is InChI=1S/C21H23N11O/c1-14-8-23-21(24-9-14)31-16-2-3-17(31)7-18(6-16)32-26-10-15(27-32)12-33-19-4-5-20(22-11-19)30-13-25-28-29-30/h4-5,8-11,13,16-18H,2-3,6-7,12H2,1H3. The summed E-state index contributed by atoms with van der Waals surface area (Å²) in [6.45, 7) is 2.34. The lowest BCUT2D eigenvalue weighted by Gasteiger charge is -2.38. The maximum Gasteiger partial charge on any atom is 0.225 e. The number of ether oxygens (including phenoxy) is 1. The number of aryl methyl sites for hydroxylation is 1. The maximum atomic E-state index is 5.84. The van der Waals surface area contributed by atoms with Gasteiger partial charge in [0.05, 0.1) is 18.4 Å². The fourth-order valence-corrected chi connectivity index (χ4v) is 4.75. The molecule has 12 nitrogen and oxygen atoms in total. The van der Waals surface area contributed by atoms with Crippen molar-refractivity contribution in [2.75, 3.05) is 4.90 Å². The molecule has 0 saturated carbocycles. The van der Waals surface area contributed by atoms with Crippen molar-refractivity contribution in [2.24, 2.45) is 0 Å². The van der Waals surface area contributed by atoms with Gasteiger partial charge in [-0.15, -0.1) is 5.10 Å². The summed E-state index contributed by atoms with van der Waals surface area (Å²) in [6.07, 6.45) is 13.0. The van der Waals surface area contributed by atoms with Gasteiger partial charge in [0.15, 0.2) is 5.82 Å². The van der Waals surface area contributed by atoms with Gasteiger partial charge < -0.3 is 9.64 Å². The van der Waals surface area contributed by atoms with Crippen molar-refractivity contribution in [3.05, 3.63) is 54.5 Å². The Morgan fingerprint density at radius 2 is 1.79 bits per heavy atom. The average molecular weight is 445 g/mol.